The molecule has 2 rings (SSSR count). The molecule has 1 N–H and O–H groups in total. The molecule has 0 spiro atoms. The van der Waals surface area contributed by atoms with E-state index in [9.17, 15) is 32.7 Å². The average molecular weight is 443 g/mol. The van der Waals surface area contributed by atoms with Crippen LogP contribution in [0, 0.1) is 13.8 Å². The van der Waals surface area contributed by atoms with E-state index in [-0.39, 0.29) is 28.2 Å². The minimum absolute atomic E-state index is 0.0616. The summed E-state index contributed by atoms with van der Waals surface area (Å²) >= 11 is 0. The number of esters is 3. The van der Waals surface area contributed by atoms with Crippen LogP contribution in [0.25, 0.3) is 5.69 Å². The van der Waals surface area contributed by atoms with Gasteiger partial charge in [-0.05, 0) is 38.1 Å². The molecule has 0 radical (unpaired) electrons. The number of nitrogens with zero attached hydrogens (tertiary/aromatic N) is 1. The van der Waals surface area contributed by atoms with Crippen molar-refractivity contribution in [3.63, 3.8) is 0 Å². The lowest BCUT2D eigenvalue weighted by Gasteiger charge is -2.28. The van der Waals surface area contributed by atoms with Crippen LogP contribution in [0.4, 0.5) is 13.2 Å². The van der Waals surface area contributed by atoms with Crippen LogP contribution in [-0.4, -0.2) is 55.1 Å². The van der Waals surface area contributed by atoms with E-state index in [4.69, 9.17) is 0 Å². The first-order valence-electron chi connectivity index (χ1n) is 8.72. The molecule has 2 aromatic rings. The number of carbonyl (C=O) groups is 3. The van der Waals surface area contributed by atoms with Crippen molar-refractivity contribution in [2.24, 2.45) is 0 Å². The van der Waals surface area contributed by atoms with Crippen molar-refractivity contribution < 1.29 is 46.9 Å². The number of rotatable bonds is 5. The van der Waals surface area contributed by atoms with Gasteiger partial charge in [-0.2, -0.15) is 13.2 Å². The molecule has 0 aliphatic carbocycles. The van der Waals surface area contributed by atoms with Gasteiger partial charge in [0.15, 0.2) is 0 Å². The highest BCUT2D eigenvalue weighted by molar-refractivity contribution is 5.96. The van der Waals surface area contributed by atoms with Crippen molar-refractivity contribution in [3.05, 3.63) is 52.3 Å². The van der Waals surface area contributed by atoms with E-state index >= 15 is 0 Å². The van der Waals surface area contributed by atoms with Gasteiger partial charge in [0, 0.05) is 22.6 Å². The zero-order chi connectivity index (χ0) is 23.7. The van der Waals surface area contributed by atoms with Crippen molar-refractivity contribution in [2.75, 3.05) is 21.3 Å². The van der Waals surface area contributed by atoms with E-state index in [0.29, 0.717) is 0 Å². The molecule has 0 fully saturated rings. The third-order valence-electron chi connectivity index (χ3n) is 4.73. The highest BCUT2D eigenvalue weighted by atomic mass is 19.4. The lowest BCUT2D eigenvalue weighted by molar-refractivity contribution is -0.267. The smallest absolute Gasteiger partial charge is 0.432 e. The fourth-order valence-electron chi connectivity index (χ4n) is 3.26. The molecule has 1 atom stereocenters. The molecule has 11 heteroatoms. The SMILES string of the molecule is COC(=O)c1cc(C(=O)OC)cc(-n2c(C)cc([C@@](O)(C(=O)OC)C(F)(F)F)c2C)c1. The standard InChI is InChI=1S/C20H20F3NO7/c1-10-6-15(19(28,18(27)31-5)20(21,22)23)11(2)24(10)14-8-12(16(25)29-3)7-13(9-14)17(26)30-4/h6-9,28H,1-5H3/t19-/m1/s1. The minimum atomic E-state index is -5.38. The maximum atomic E-state index is 13.7. The first-order valence-corrected chi connectivity index (χ1v) is 8.72. The van der Waals surface area contributed by atoms with Crippen LogP contribution in [0.3, 0.4) is 0 Å². The monoisotopic (exact) mass is 443 g/mol. The summed E-state index contributed by atoms with van der Waals surface area (Å²) in [6.07, 6.45) is -5.38. The van der Waals surface area contributed by atoms with Gasteiger partial charge in [-0.15, -0.1) is 0 Å². The quantitative estimate of drug-likeness (QED) is 0.560. The molecule has 0 aliphatic rings. The Balaban J connectivity index is 2.83. The first-order chi connectivity index (χ1) is 14.3. The Morgan fingerprint density at radius 3 is 1.74 bits per heavy atom. The van der Waals surface area contributed by atoms with Crippen molar-refractivity contribution in [2.45, 2.75) is 25.6 Å². The molecule has 1 aromatic carbocycles. The van der Waals surface area contributed by atoms with Crippen LogP contribution in [0.5, 0.6) is 0 Å². The van der Waals surface area contributed by atoms with Crippen LogP contribution < -0.4 is 0 Å². The lowest BCUT2D eigenvalue weighted by atomic mass is 9.93. The summed E-state index contributed by atoms with van der Waals surface area (Å²) < 4.78 is 55.9. The second-order valence-electron chi connectivity index (χ2n) is 6.57. The summed E-state index contributed by atoms with van der Waals surface area (Å²) in [7, 11) is 2.97. The predicted octanol–water partition coefficient (Wildman–Crippen LogP) is 2.59. The van der Waals surface area contributed by atoms with E-state index in [1.807, 2.05) is 0 Å². The number of hydrogen-bond donors (Lipinski definition) is 1. The maximum Gasteiger partial charge on any atom is 0.432 e. The number of hydrogen-bond acceptors (Lipinski definition) is 7. The molecule has 0 aliphatic heterocycles. The third-order valence-corrected chi connectivity index (χ3v) is 4.73. The maximum absolute atomic E-state index is 13.7. The summed E-state index contributed by atoms with van der Waals surface area (Å²) in [5.41, 5.74) is -4.68. The fourth-order valence-corrected chi connectivity index (χ4v) is 3.26. The molecule has 0 unspecified atom stereocenters. The molecule has 0 bridgehead atoms. The summed E-state index contributed by atoms with van der Waals surface area (Å²) in [4.78, 5) is 36.0. The Labute approximate surface area is 175 Å². The molecular formula is C20H20F3NO7. The van der Waals surface area contributed by atoms with Gasteiger partial charge >= 0.3 is 24.1 Å². The van der Waals surface area contributed by atoms with Gasteiger partial charge in [0.1, 0.15) is 0 Å². The normalized spacial score (nSPS) is 13.3. The van der Waals surface area contributed by atoms with E-state index in [0.717, 1.165) is 27.4 Å². The Morgan fingerprint density at radius 2 is 1.35 bits per heavy atom. The summed E-state index contributed by atoms with van der Waals surface area (Å²) in [5, 5.41) is 10.4. The molecule has 1 aromatic heterocycles. The number of aryl methyl sites for hydroxylation is 1. The number of halogens is 3. The first kappa shape index (κ1) is 23.9. The van der Waals surface area contributed by atoms with Crippen molar-refractivity contribution in [1.82, 2.24) is 4.57 Å². The average Bonchev–Trinajstić information content (AvgIpc) is 3.04. The van der Waals surface area contributed by atoms with Crippen molar-refractivity contribution >= 4 is 17.9 Å². The molecule has 31 heavy (non-hydrogen) atoms. The van der Waals surface area contributed by atoms with Crippen LogP contribution in [0.1, 0.15) is 37.7 Å². The molecule has 1 heterocycles. The number of aromatic nitrogens is 1. The van der Waals surface area contributed by atoms with E-state index in [1.54, 1.807) is 0 Å². The second kappa shape index (κ2) is 8.42. The highest BCUT2D eigenvalue weighted by Gasteiger charge is 2.63. The largest absolute Gasteiger partial charge is 0.466 e. The Morgan fingerprint density at radius 1 is 0.871 bits per heavy atom. The number of methoxy groups -OCH3 is 3. The van der Waals surface area contributed by atoms with Crippen LogP contribution >= 0.6 is 0 Å². The molecular weight excluding hydrogens is 423 g/mol. The Bertz CT molecular complexity index is 1010. The number of ether oxygens (including phenoxy) is 3. The summed E-state index contributed by atoms with van der Waals surface area (Å²) in [6, 6.07) is 4.75. The number of benzene rings is 1. The van der Waals surface area contributed by atoms with Gasteiger partial charge < -0.3 is 23.9 Å². The topological polar surface area (TPSA) is 104 Å². The van der Waals surface area contributed by atoms with Crippen LogP contribution in [0.15, 0.2) is 24.3 Å². The Hall–Kier alpha value is -3.34. The molecule has 8 nitrogen and oxygen atoms in total. The van der Waals surface area contributed by atoms with Gasteiger partial charge in [0.25, 0.3) is 5.60 Å². The van der Waals surface area contributed by atoms with Crippen molar-refractivity contribution in [1.29, 1.82) is 0 Å². The van der Waals surface area contributed by atoms with Gasteiger partial charge in [-0.1, -0.05) is 0 Å². The number of aliphatic hydroxyl groups is 1. The minimum Gasteiger partial charge on any atom is -0.466 e. The predicted molar refractivity (Wildman–Crippen MR) is 99.9 cm³/mol. The van der Waals surface area contributed by atoms with E-state index < -0.39 is 35.2 Å². The summed E-state index contributed by atoms with van der Waals surface area (Å²) in [5.74, 6) is -3.49. The molecule has 0 saturated carbocycles. The van der Waals surface area contributed by atoms with Gasteiger partial charge in [-0.3, -0.25) is 0 Å². The van der Waals surface area contributed by atoms with Crippen LogP contribution in [0.2, 0.25) is 0 Å². The molecule has 0 saturated heterocycles. The third kappa shape index (κ3) is 4.00. The van der Waals surface area contributed by atoms with Gasteiger partial charge in [-0.25, -0.2) is 14.4 Å². The van der Waals surface area contributed by atoms with E-state index in [1.165, 1.54) is 36.6 Å². The second-order valence-corrected chi connectivity index (χ2v) is 6.57. The highest BCUT2D eigenvalue weighted by Crippen LogP contribution is 2.42. The fraction of sp³-hybridized carbons (Fsp3) is 0.350. The summed E-state index contributed by atoms with van der Waals surface area (Å²) in [6.45, 7) is 2.66. The van der Waals surface area contributed by atoms with Gasteiger partial charge in [0.2, 0.25) is 0 Å². The number of carbonyl (C=O) groups excluding carboxylic acids is 3. The molecule has 168 valence electrons. The molecule has 0 amide bonds. The lowest BCUT2D eigenvalue weighted by Crippen LogP contribution is -2.50. The number of alkyl halides is 3. The zero-order valence-corrected chi connectivity index (χ0v) is 17.3. The van der Waals surface area contributed by atoms with E-state index in [2.05, 4.69) is 14.2 Å². The van der Waals surface area contributed by atoms with Crippen molar-refractivity contribution in [3.8, 4) is 5.69 Å². The Kier molecular flexibility index (Phi) is 6.50. The van der Waals surface area contributed by atoms with Crippen LogP contribution in [-0.2, 0) is 24.6 Å². The van der Waals surface area contributed by atoms with Gasteiger partial charge in [0.05, 0.1) is 32.5 Å². The zero-order valence-electron chi connectivity index (χ0n) is 17.3.